The van der Waals surface area contributed by atoms with Crippen LogP contribution in [0.4, 0.5) is 0 Å². The first kappa shape index (κ1) is 7.78. The van der Waals surface area contributed by atoms with E-state index in [1.807, 2.05) is 6.07 Å². The molecule has 0 unspecified atom stereocenters. The van der Waals surface area contributed by atoms with Gasteiger partial charge in [0.1, 0.15) is 0 Å². The second-order valence-corrected chi connectivity index (χ2v) is 3.54. The minimum atomic E-state index is 0.743. The van der Waals surface area contributed by atoms with E-state index in [1.165, 1.54) is 37.7 Å². The Labute approximate surface area is 73.8 Å². The van der Waals surface area contributed by atoms with Crippen LogP contribution in [0, 0.1) is 6.20 Å². The third-order valence-corrected chi connectivity index (χ3v) is 2.68. The Balaban J connectivity index is 2.08. The first-order chi connectivity index (χ1) is 5.97. The molecule has 1 saturated carbocycles. The molecule has 0 amide bonds. The highest BCUT2D eigenvalue weighted by atomic mass is 14.6. The van der Waals surface area contributed by atoms with E-state index in [4.69, 9.17) is 0 Å². The molecule has 0 aromatic carbocycles. The zero-order chi connectivity index (χ0) is 8.23. The summed E-state index contributed by atoms with van der Waals surface area (Å²) in [7, 11) is 0. The summed E-state index contributed by atoms with van der Waals surface area (Å²) in [6.07, 6.45) is 11.7. The number of hydrogen-bond acceptors (Lipinski definition) is 1. The van der Waals surface area contributed by atoms with Crippen LogP contribution in [0.2, 0.25) is 0 Å². The van der Waals surface area contributed by atoms with Crippen LogP contribution in [0.3, 0.4) is 0 Å². The summed E-state index contributed by atoms with van der Waals surface area (Å²) in [5.74, 6) is 0.743. The minimum absolute atomic E-state index is 0.743. The Morgan fingerprint density at radius 3 is 2.75 bits per heavy atom. The van der Waals surface area contributed by atoms with Crippen LogP contribution in [0.25, 0.3) is 0 Å². The molecule has 0 atom stereocenters. The lowest BCUT2D eigenvalue weighted by Crippen LogP contribution is -2.04. The molecule has 1 aliphatic rings. The molecule has 0 N–H and O–H groups in total. The number of aromatic nitrogens is 1. The van der Waals surface area contributed by atoms with E-state index in [1.54, 1.807) is 6.20 Å². The van der Waals surface area contributed by atoms with Crippen molar-refractivity contribution < 1.29 is 0 Å². The summed E-state index contributed by atoms with van der Waals surface area (Å²) >= 11 is 0. The normalized spacial score (nSPS) is 19.3. The van der Waals surface area contributed by atoms with Crippen LogP contribution < -0.4 is 0 Å². The first-order valence-electron chi connectivity index (χ1n) is 4.79. The van der Waals surface area contributed by atoms with E-state index in [9.17, 15) is 0 Å². The maximum absolute atomic E-state index is 4.03. The molecule has 63 valence electrons. The molecule has 1 aromatic heterocycles. The van der Waals surface area contributed by atoms with Crippen molar-refractivity contribution in [1.29, 1.82) is 0 Å². The summed E-state index contributed by atoms with van der Waals surface area (Å²) in [5, 5.41) is 0. The highest BCUT2D eigenvalue weighted by Crippen LogP contribution is 2.31. The van der Waals surface area contributed by atoms with Gasteiger partial charge in [-0.2, -0.15) is 0 Å². The number of pyridine rings is 1. The van der Waals surface area contributed by atoms with Gasteiger partial charge in [0.25, 0.3) is 0 Å². The Morgan fingerprint density at radius 1 is 1.25 bits per heavy atom. The first-order valence-corrected chi connectivity index (χ1v) is 4.79. The number of rotatable bonds is 1. The van der Waals surface area contributed by atoms with Crippen molar-refractivity contribution in [1.82, 2.24) is 4.98 Å². The zero-order valence-corrected chi connectivity index (χ0v) is 7.29. The smallest absolute Gasteiger partial charge is 0.0923 e. The van der Waals surface area contributed by atoms with Crippen LogP contribution in [0.15, 0.2) is 18.3 Å². The highest BCUT2D eigenvalue weighted by Gasteiger charge is 2.14. The maximum Gasteiger partial charge on any atom is 0.0923 e. The molecule has 0 saturated heterocycles. The van der Waals surface area contributed by atoms with Crippen LogP contribution in [0.1, 0.15) is 43.6 Å². The van der Waals surface area contributed by atoms with Gasteiger partial charge in [0.2, 0.25) is 0 Å². The summed E-state index contributed by atoms with van der Waals surface area (Å²) in [4.78, 5) is 4.03. The maximum atomic E-state index is 4.03. The van der Waals surface area contributed by atoms with Gasteiger partial charge in [0.05, 0.1) is 6.20 Å². The predicted octanol–water partition coefficient (Wildman–Crippen LogP) is 2.93. The quantitative estimate of drug-likeness (QED) is 0.615. The standard InChI is InChI=1S/C11H14N/c1-2-5-10(6-3-1)11-7-4-8-12-9-11/h4,7-8,10H,1-3,5-6H2. The fourth-order valence-electron chi connectivity index (χ4n) is 1.98. The van der Waals surface area contributed by atoms with Crippen LogP contribution >= 0.6 is 0 Å². The predicted molar refractivity (Wildman–Crippen MR) is 48.9 cm³/mol. The average Bonchev–Trinajstić information content (AvgIpc) is 2.21. The van der Waals surface area contributed by atoms with Gasteiger partial charge in [-0.05, 0) is 30.4 Å². The lowest BCUT2D eigenvalue weighted by molar-refractivity contribution is 0.442. The average molecular weight is 160 g/mol. The molecule has 1 radical (unpaired) electrons. The number of nitrogens with zero attached hydrogens (tertiary/aromatic N) is 1. The molecule has 1 aliphatic carbocycles. The molecule has 2 rings (SSSR count). The molecule has 1 heterocycles. The SMILES string of the molecule is [c]1ncccc1C1CCCCC1. The number of hydrogen-bond donors (Lipinski definition) is 0. The Bertz CT molecular complexity index is 224. The summed E-state index contributed by atoms with van der Waals surface area (Å²) in [6, 6.07) is 4.17. The topological polar surface area (TPSA) is 12.9 Å². The van der Waals surface area contributed by atoms with Gasteiger partial charge in [0.15, 0.2) is 0 Å². The van der Waals surface area contributed by atoms with Crippen molar-refractivity contribution in [3.8, 4) is 0 Å². The van der Waals surface area contributed by atoms with Gasteiger partial charge in [0, 0.05) is 6.20 Å². The van der Waals surface area contributed by atoms with Gasteiger partial charge >= 0.3 is 0 Å². The zero-order valence-electron chi connectivity index (χ0n) is 7.29. The largest absolute Gasteiger partial charge is 0.254 e. The van der Waals surface area contributed by atoms with Gasteiger partial charge < -0.3 is 0 Å². The highest BCUT2D eigenvalue weighted by molar-refractivity contribution is 5.13. The second kappa shape index (κ2) is 3.70. The molecule has 12 heavy (non-hydrogen) atoms. The van der Waals surface area contributed by atoms with Crippen molar-refractivity contribution in [2.24, 2.45) is 0 Å². The molecule has 1 fully saturated rings. The van der Waals surface area contributed by atoms with Gasteiger partial charge in [-0.3, -0.25) is 4.98 Å². The Kier molecular flexibility index (Phi) is 2.40. The van der Waals surface area contributed by atoms with E-state index < -0.39 is 0 Å². The fourth-order valence-corrected chi connectivity index (χ4v) is 1.98. The molecule has 1 heteroatoms. The van der Waals surface area contributed by atoms with Crippen molar-refractivity contribution in [3.05, 3.63) is 30.1 Å². The van der Waals surface area contributed by atoms with E-state index in [-0.39, 0.29) is 0 Å². The molecule has 1 aromatic rings. The lowest BCUT2D eigenvalue weighted by atomic mass is 9.85. The van der Waals surface area contributed by atoms with E-state index in [0.29, 0.717) is 0 Å². The Morgan fingerprint density at radius 2 is 2.08 bits per heavy atom. The van der Waals surface area contributed by atoms with E-state index >= 15 is 0 Å². The van der Waals surface area contributed by atoms with Gasteiger partial charge in [-0.1, -0.05) is 25.3 Å². The van der Waals surface area contributed by atoms with E-state index in [0.717, 1.165) is 5.92 Å². The minimum Gasteiger partial charge on any atom is -0.254 e. The summed E-state index contributed by atoms with van der Waals surface area (Å²) in [5.41, 5.74) is 1.32. The summed E-state index contributed by atoms with van der Waals surface area (Å²) < 4.78 is 0. The van der Waals surface area contributed by atoms with Crippen molar-refractivity contribution >= 4 is 0 Å². The third-order valence-electron chi connectivity index (χ3n) is 2.68. The molecule has 0 spiro atoms. The third kappa shape index (κ3) is 1.66. The van der Waals surface area contributed by atoms with Crippen molar-refractivity contribution in [3.63, 3.8) is 0 Å². The summed E-state index contributed by atoms with van der Waals surface area (Å²) in [6.45, 7) is 0. The lowest BCUT2D eigenvalue weighted by Gasteiger charge is -2.20. The fraction of sp³-hybridized carbons (Fsp3) is 0.545. The molecule has 1 nitrogen and oxygen atoms in total. The van der Waals surface area contributed by atoms with Crippen LogP contribution in [-0.4, -0.2) is 4.98 Å². The molecular formula is C11H14N. The Hall–Kier alpha value is -0.850. The van der Waals surface area contributed by atoms with Crippen LogP contribution in [0.5, 0.6) is 0 Å². The van der Waals surface area contributed by atoms with Crippen molar-refractivity contribution in [2.45, 2.75) is 38.0 Å². The second-order valence-electron chi connectivity index (χ2n) is 3.54. The van der Waals surface area contributed by atoms with Gasteiger partial charge in [-0.15, -0.1) is 0 Å². The monoisotopic (exact) mass is 160 g/mol. The molecular weight excluding hydrogens is 146 g/mol. The van der Waals surface area contributed by atoms with Gasteiger partial charge in [-0.25, -0.2) is 0 Å². The van der Waals surface area contributed by atoms with Crippen LogP contribution in [-0.2, 0) is 0 Å². The van der Waals surface area contributed by atoms with Crippen molar-refractivity contribution in [2.75, 3.05) is 0 Å². The van der Waals surface area contributed by atoms with E-state index in [2.05, 4.69) is 17.2 Å². The molecule has 0 aliphatic heterocycles. The molecule has 0 bridgehead atoms.